The molecular formula is C23H32ClN3O. The van der Waals surface area contributed by atoms with E-state index >= 15 is 0 Å². The van der Waals surface area contributed by atoms with Crippen LogP contribution in [0.25, 0.3) is 0 Å². The van der Waals surface area contributed by atoms with E-state index in [-0.39, 0.29) is 6.10 Å². The molecular weight excluding hydrogens is 370 g/mol. The lowest BCUT2D eigenvalue weighted by Gasteiger charge is -2.50. The van der Waals surface area contributed by atoms with Crippen molar-refractivity contribution in [1.82, 2.24) is 14.7 Å². The van der Waals surface area contributed by atoms with Gasteiger partial charge in [-0.25, -0.2) is 0 Å². The third-order valence-electron chi connectivity index (χ3n) is 6.78. The molecule has 0 N–H and O–H groups in total. The Kier molecular flexibility index (Phi) is 5.82. The van der Waals surface area contributed by atoms with E-state index in [1.165, 1.54) is 24.8 Å². The summed E-state index contributed by atoms with van der Waals surface area (Å²) in [4.78, 5) is 2.56. The summed E-state index contributed by atoms with van der Waals surface area (Å²) in [5.41, 5.74) is 2.78. The minimum Gasteiger partial charge on any atom is -0.373 e. The average molecular weight is 402 g/mol. The van der Waals surface area contributed by atoms with Gasteiger partial charge in [-0.3, -0.25) is 9.58 Å². The summed E-state index contributed by atoms with van der Waals surface area (Å²) in [6, 6.07) is 8.19. The van der Waals surface area contributed by atoms with Crippen LogP contribution in [0.5, 0.6) is 0 Å². The SMILES string of the molecule is CC(C)[C@H]1CC2(CCN(Cc3cnn(C)c3)CC2)CO[C@@H]1c1ccccc1Cl. The lowest BCUT2D eigenvalue weighted by atomic mass is 9.66. The second kappa shape index (κ2) is 8.17. The number of benzene rings is 1. The molecule has 1 spiro atoms. The van der Waals surface area contributed by atoms with Crippen LogP contribution in [0, 0.1) is 17.3 Å². The maximum absolute atomic E-state index is 6.55. The monoisotopic (exact) mass is 401 g/mol. The first kappa shape index (κ1) is 19.9. The molecule has 2 saturated heterocycles. The average Bonchev–Trinajstić information content (AvgIpc) is 3.09. The summed E-state index contributed by atoms with van der Waals surface area (Å²) in [6.07, 6.45) is 7.89. The molecule has 0 unspecified atom stereocenters. The van der Waals surface area contributed by atoms with E-state index in [2.05, 4.69) is 42.2 Å². The Bertz CT molecular complexity index is 795. The van der Waals surface area contributed by atoms with Crippen LogP contribution in [0.15, 0.2) is 36.7 Å². The molecule has 0 radical (unpaired) electrons. The second-order valence-corrected chi connectivity index (χ2v) is 9.57. The van der Waals surface area contributed by atoms with Crippen molar-refractivity contribution in [1.29, 1.82) is 0 Å². The van der Waals surface area contributed by atoms with E-state index < -0.39 is 0 Å². The number of likely N-dealkylation sites (tertiary alicyclic amines) is 1. The summed E-state index contributed by atoms with van der Waals surface area (Å²) >= 11 is 6.51. The van der Waals surface area contributed by atoms with Gasteiger partial charge in [0.05, 0.1) is 18.9 Å². The lowest BCUT2D eigenvalue weighted by molar-refractivity contribution is -0.131. The number of hydrogen-bond acceptors (Lipinski definition) is 3. The van der Waals surface area contributed by atoms with Crippen molar-refractivity contribution >= 4 is 11.6 Å². The number of hydrogen-bond donors (Lipinski definition) is 0. The zero-order valence-electron chi connectivity index (χ0n) is 17.3. The second-order valence-electron chi connectivity index (χ2n) is 9.16. The highest BCUT2D eigenvalue weighted by atomic mass is 35.5. The maximum atomic E-state index is 6.55. The molecule has 2 aliphatic heterocycles. The summed E-state index contributed by atoms with van der Waals surface area (Å²) < 4.78 is 8.44. The standard InChI is InChI=1S/C23H32ClN3O/c1-17(2)20-12-23(16-28-22(20)19-6-4-5-7-21(19)24)8-10-27(11-9-23)15-18-13-25-26(3)14-18/h4-7,13-14,17,20,22H,8-12,15-16H2,1-3H3/t20-,22-/m1/s1. The Morgan fingerprint density at radius 3 is 2.64 bits per heavy atom. The van der Waals surface area contributed by atoms with Gasteiger partial charge in [-0.1, -0.05) is 43.6 Å². The van der Waals surface area contributed by atoms with Gasteiger partial charge >= 0.3 is 0 Å². The molecule has 2 aromatic rings. The molecule has 4 nitrogen and oxygen atoms in total. The van der Waals surface area contributed by atoms with Crippen LogP contribution in [0.1, 0.15) is 50.3 Å². The molecule has 3 heterocycles. The first-order chi connectivity index (χ1) is 13.5. The van der Waals surface area contributed by atoms with Crippen LogP contribution < -0.4 is 0 Å². The van der Waals surface area contributed by atoms with Crippen LogP contribution in [0.4, 0.5) is 0 Å². The molecule has 0 aliphatic carbocycles. The van der Waals surface area contributed by atoms with Gasteiger partial charge in [0, 0.05) is 30.4 Å². The molecule has 4 rings (SSSR count). The Hall–Kier alpha value is -1.36. The van der Waals surface area contributed by atoms with Crippen molar-refractivity contribution in [2.75, 3.05) is 19.7 Å². The van der Waals surface area contributed by atoms with Gasteiger partial charge in [0.15, 0.2) is 0 Å². The zero-order chi connectivity index (χ0) is 19.7. The van der Waals surface area contributed by atoms with Gasteiger partial charge in [0.25, 0.3) is 0 Å². The summed E-state index contributed by atoms with van der Waals surface area (Å²) in [7, 11) is 1.98. The van der Waals surface area contributed by atoms with E-state index in [1.54, 1.807) is 0 Å². The molecule has 1 aromatic heterocycles. The highest BCUT2D eigenvalue weighted by Gasteiger charge is 2.45. The molecule has 152 valence electrons. The van der Waals surface area contributed by atoms with Crippen molar-refractivity contribution < 1.29 is 4.74 Å². The number of rotatable bonds is 4. The Morgan fingerprint density at radius 1 is 1.25 bits per heavy atom. The Labute approximate surface area is 173 Å². The molecule has 0 bridgehead atoms. The maximum Gasteiger partial charge on any atom is 0.0870 e. The Morgan fingerprint density at radius 2 is 2.00 bits per heavy atom. The predicted octanol–water partition coefficient (Wildman–Crippen LogP) is 5.09. The van der Waals surface area contributed by atoms with Crippen molar-refractivity contribution in [3.05, 3.63) is 52.8 Å². The van der Waals surface area contributed by atoms with Crippen LogP contribution in [0.3, 0.4) is 0 Å². The molecule has 1 aromatic carbocycles. The molecule has 2 fully saturated rings. The molecule has 0 saturated carbocycles. The van der Waals surface area contributed by atoms with Gasteiger partial charge in [-0.05, 0) is 61.2 Å². The van der Waals surface area contributed by atoms with Crippen molar-refractivity contribution in [3.8, 4) is 0 Å². The largest absolute Gasteiger partial charge is 0.373 e. The number of piperidine rings is 1. The molecule has 2 atom stereocenters. The van der Waals surface area contributed by atoms with Crippen molar-refractivity contribution in [2.45, 2.75) is 45.8 Å². The van der Waals surface area contributed by atoms with Crippen molar-refractivity contribution in [3.63, 3.8) is 0 Å². The quantitative estimate of drug-likeness (QED) is 0.714. The smallest absolute Gasteiger partial charge is 0.0870 e. The molecule has 2 aliphatic rings. The summed E-state index contributed by atoms with van der Waals surface area (Å²) in [5.74, 6) is 1.09. The third kappa shape index (κ3) is 4.14. The Balaban J connectivity index is 1.42. The predicted molar refractivity (Wildman–Crippen MR) is 113 cm³/mol. The normalized spacial score (nSPS) is 25.5. The fourth-order valence-corrected chi connectivity index (χ4v) is 5.26. The van der Waals surface area contributed by atoms with E-state index in [9.17, 15) is 0 Å². The van der Waals surface area contributed by atoms with Gasteiger partial charge < -0.3 is 4.74 Å². The van der Waals surface area contributed by atoms with Crippen molar-refractivity contribution in [2.24, 2.45) is 24.3 Å². The van der Waals surface area contributed by atoms with Gasteiger partial charge in [-0.2, -0.15) is 5.10 Å². The number of aryl methyl sites for hydroxylation is 1. The minimum absolute atomic E-state index is 0.118. The lowest BCUT2D eigenvalue weighted by Crippen LogP contribution is -2.47. The number of aromatic nitrogens is 2. The van der Waals surface area contributed by atoms with Gasteiger partial charge in [-0.15, -0.1) is 0 Å². The fourth-order valence-electron chi connectivity index (χ4n) is 5.01. The highest BCUT2D eigenvalue weighted by Crippen LogP contribution is 2.50. The minimum atomic E-state index is 0.118. The fraction of sp³-hybridized carbons (Fsp3) is 0.609. The summed E-state index contributed by atoms with van der Waals surface area (Å²) in [6.45, 7) is 8.79. The van der Waals surface area contributed by atoms with E-state index in [0.29, 0.717) is 17.3 Å². The van der Waals surface area contributed by atoms with Crippen LogP contribution in [0.2, 0.25) is 5.02 Å². The molecule has 28 heavy (non-hydrogen) atoms. The third-order valence-corrected chi connectivity index (χ3v) is 7.12. The molecule has 5 heteroatoms. The zero-order valence-corrected chi connectivity index (χ0v) is 18.0. The number of nitrogens with zero attached hydrogens (tertiary/aromatic N) is 3. The van der Waals surface area contributed by atoms with Crippen LogP contribution >= 0.6 is 11.6 Å². The first-order valence-corrected chi connectivity index (χ1v) is 10.9. The molecule has 0 amide bonds. The van der Waals surface area contributed by atoms with E-state index in [4.69, 9.17) is 16.3 Å². The van der Waals surface area contributed by atoms with E-state index in [0.717, 1.165) is 36.8 Å². The van der Waals surface area contributed by atoms with Gasteiger partial charge in [0.1, 0.15) is 0 Å². The first-order valence-electron chi connectivity index (χ1n) is 10.5. The number of halogens is 1. The van der Waals surface area contributed by atoms with Gasteiger partial charge in [0.2, 0.25) is 0 Å². The van der Waals surface area contributed by atoms with Crippen LogP contribution in [-0.2, 0) is 18.3 Å². The highest BCUT2D eigenvalue weighted by molar-refractivity contribution is 6.31. The van der Waals surface area contributed by atoms with Crippen LogP contribution in [-0.4, -0.2) is 34.4 Å². The number of ether oxygens (including phenoxy) is 1. The van der Waals surface area contributed by atoms with E-state index in [1.807, 2.05) is 30.1 Å². The summed E-state index contributed by atoms with van der Waals surface area (Å²) in [5, 5.41) is 5.13. The topological polar surface area (TPSA) is 30.3 Å².